The van der Waals surface area contributed by atoms with Crippen LogP contribution in [0.25, 0.3) is 11.0 Å². The van der Waals surface area contributed by atoms with E-state index in [1.54, 1.807) is 13.3 Å². The number of rotatable bonds is 3. The van der Waals surface area contributed by atoms with E-state index in [2.05, 4.69) is 15.0 Å². The number of benzene rings is 1. The molecule has 126 valence electrons. The van der Waals surface area contributed by atoms with Crippen LogP contribution in [0.15, 0.2) is 41.7 Å². The van der Waals surface area contributed by atoms with Crippen LogP contribution in [0.3, 0.4) is 0 Å². The first-order valence-electron chi connectivity index (χ1n) is 8.14. The molecule has 5 nitrogen and oxygen atoms in total. The van der Waals surface area contributed by atoms with E-state index in [0.29, 0.717) is 5.16 Å². The maximum absolute atomic E-state index is 13.2. The Morgan fingerprint density at radius 2 is 2.16 bits per heavy atom. The molecule has 7 heteroatoms. The number of methoxy groups -OCH3 is 1. The van der Waals surface area contributed by atoms with Gasteiger partial charge in [0, 0.05) is 0 Å². The van der Waals surface area contributed by atoms with Gasteiger partial charge in [0.2, 0.25) is 0 Å². The van der Waals surface area contributed by atoms with E-state index in [9.17, 15) is 4.21 Å². The number of nitrogens with zero attached hydrogens (tertiary/aromatic N) is 2. The minimum absolute atomic E-state index is 0. The third kappa shape index (κ3) is 3.67. The summed E-state index contributed by atoms with van der Waals surface area (Å²) >= 11 is 0. The molecule has 2 aromatic heterocycles. The summed E-state index contributed by atoms with van der Waals surface area (Å²) in [6, 6.07) is 9.78. The van der Waals surface area contributed by atoms with Gasteiger partial charge in [0.05, 0.1) is 46.1 Å². The molecule has 2 heterocycles. The number of hydrogen-bond acceptors (Lipinski definition) is 4. The van der Waals surface area contributed by atoms with Gasteiger partial charge in [-0.2, -0.15) is 0 Å². The van der Waals surface area contributed by atoms with E-state index in [0.717, 1.165) is 53.7 Å². The number of H-pyrrole nitrogens is 1. The second-order valence-electron chi connectivity index (χ2n) is 6.01. The first kappa shape index (κ1) is 18.6. The molecule has 1 aliphatic carbocycles. The Morgan fingerprint density at radius 1 is 1.32 bits per heavy atom. The summed E-state index contributed by atoms with van der Waals surface area (Å²) in [5.74, 6) is 0.754. The van der Waals surface area contributed by atoms with Crippen LogP contribution >= 0.6 is 0 Å². The topological polar surface area (TPSA) is 67.9 Å². The van der Waals surface area contributed by atoms with Crippen molar-refractivity contribution in [2.45, 2.75) is 36.1 Å². The number of aromatic nitrogens is 3. The van der Waals surface area contributed by atoms with Gasteiger partial charge >= 0.3 is 29.6 Å². The quantitative estimate of drug-likeness (QED) is 0.547. The van der Waals surface area contributed by atoms with Crippen LogP contribution in [0.5, 0.6) is 5.75 Å². The Kier molecular flexibility index (Phi) is 5.94. The summed E-state index contributed by atoms with van der Waals surface area (Å²) in [5.41, 5.74) is 3.82. The molecular formula is C18H20N3NaO2S. The Morgan fingerprint density at radius 3 is 2.96 bits per heavy atom. The molecule has 0 saturated carbocycles. The van der Waals surface area contributed by atoms with Gasteiger partial charge in [-0.3, -0.25) is 9.19 Å². The maximum Gasteiger partial charge on any atom is 1.00 e. The number of aromatic amines is 1. The Balaban J connectivity index is 0.00000121. The van der Waals surface area contributed by atoms with E-state index >= 15 is 0 Å². The largest absolute Gasteiger partial charge is 1.00 e. The van der Waals surface area contributed by atoms with Gasteiger partial charge in [-0.15, -0.1) is 0 Å². The van der Waals surface area contributed by atoms with E-state index in [1.165, 1.54) is 0 Å². The number of pyridine rings is 1. The SMILES string of the molecule is COc1cnc2c(c1)CCCC[C@H]2[S@](=O)c1nc2ccccc2[nH]1.[H-].[Na+]. The standard InChI is InChI=1S/C18H19N3O2S.Na.H/c1-23-13-10-12-6-2-5-9-16(17(12)19-11-13)24(22)18-20-14-7-3-4-8-15(14)21-18;;/h3-4,7-8,10-11,16H,2,5-6,9H2,1H3,(H,20,21);;/q;+1;-1/t16-,24+;;/m1../s1. The smallest absolute Gasteiger partial charge is 1.00 e. The number of hydrogen-bond donors (Lipinski definition) is 1. The first-order chi connectivity index (χ1) is 11.8. The fraction of sp³-hybridized carbons (Fsp3) is 0.333. The van der Waals surface area contributed by atoms with E-state index < -0.39 is 10.8 Å². The average Bonchev–Trinajstić information content (AvgIpc) is 2.94. The van der Waals surface area contributed by atoms with Gasteiger partial charge in [0.15, 0.2) is 5.16 Å². The van der Waals surface area contributed by atoms with Gasteiger partial charge < -0.3 is 11.1 Å². The summed E-state index contributed by atoms with van der Waals surface area (Å²) in [4.78, 5) is 12.3. The number of para-hydroxylation sites is 2. The zero-order valence-corrected chi connectivity index (χ0v) is 17.3. The van der Waals surface area contributed by atoms with E-state index in [4.69, 9.17) is 4.74 Å². The summed E-state index contributed by atoms with van der Waals surface area (Å²) in [6.45, 7) is 0. The molecule has 0 unspecified atom stereocenters. The minimum Gasteiger partial charge on any atom is -1.00 e. The van der Waals surface area contributed by atoms with Crippen LogP contribution in [0.2, 0.25) is 0 Å². The molecular weight excluding hydrogens is 345 g/mol. The first-order valence-corrected chi connectivity index (χ1v) is 9.35. The molecule has 4 rings (SSSR count). The van der Waals surface area contributed by atoms with Crippen molar-refractivity contribution in [3.63, 3.8) is 0 Å². The van der Waals surface area contributed by atoms with E-state index in [1.807, 2.05) is 30.3 Å². The fourth-order valence-corrected chi connectivity index (χ4v) is 4.71. The molecule has 0 spiro atoms. The molecule has 1 N–H and O–H groups in total. The summed E-state index contributed by atoms with van der Waals surface area (Å²) < 4.78 is 18.5. The zero-order valence-electron chi connectivity index (χ0n) is 15.5. The molecule has 1 aliphatic rings. The molecule has 0 bridgehead atoms. The normalized spacial score (nSPS) is 18.0. The molecule has 0 saturated heterocycles. The van der Waals surface area contributed by atoms with Gasteiger partial charge in [0.25, 0.3) is 0 Å². The van der Waals surface area contributed by atoms with Crippen LogP contribution in [0, 0.1) is 0 Å². The number of nitrogens with one attached hydrogen (secondary N) is 1. The van der Waals surface area contributed by atoms with Gasteiger partial charge in [-0.25, -0.2) is 4.98 Å². The number of ether oxygens (including phenoxy) is 1. The monoisotopic (exact) mass is 365 g/mol. The molecule has 3 aromatic rings. The van der Waals surface area contributed by atoms with Gasteiger partial charge in [0.1, 0.15) is 5.75 Å². The molecule has 25 heavy (non-hydrogen) atoms. The van der Waals surface area contributed by atoms with Gasteiger partial charge in [-0.05, 0) is 43.0 Å². The van der Waals surface area contributed by atoms with Crippen molar-refractivity contribution in [2.75, 3.05) is 7.11 Å². The summed E-state index contributed by atoms with van der Waals surface area (Å²) in [6.07, 6.45) is 5.64. The van der Waals surface area contributed by atoms with Crippen LogP contribution in [0.1, 0.15) is 37.2 Å². The number of fused-ring (bicyclic) bond motifs is 2. The Bertz CT molecular complexity index is 885. The molecule has 1 aromatic carbocycles. The Labute approximate surface area is 172 Å². The van der Waals surface area contributed by atoms with Crippen molar-refractivity contribution in [2.24, 2.45) is 0 Å². The molecule has 0 fully saturated rings. The van der Waals surface area contributed by atoms with Crippen molar-refractivity contribution in [3.8, 4) is 5.75 Å². The fourth-order valence-electron chi connectivity index (χ4n) is 3.25. The second kappa shape index (κ2) is 7.99. The predicted molar refractivity (Wildman–Crippen MR) is 94.7 cm³/mol. The molecule has 2 atom stereocenters. The van der Waals surface area contributed by atoms with Crippen molar-refractivity contribution in [3.05, 3.63) is 47.8 Å². The third-order valence-corrected chi connectivity index (χ3v) is 6.05. The van der Waals surface area contributed by atoms with Crippen LogP contribution in [0.4, 0.5) is 0 Å². The minimum atomic E-state index is -1.25. The van der Waals surface area contributed by atoms with E-state index in [-0.39, 0.29) is 36.2 Å². The second-order valence-corrected chi connectivity index (χ2v) is 7.56. The maximum atomic E-state index is 13.2. The van der Waals surface area contributed by atoms with Crippen molar-refractivity contribution in [1.82, 2.24) is 15.0 Å². The average molecular weight is 365 g/mol. The third-order valence-electron chi connectivity index (χ3n) is 4.50. The zero-order chi connectivity index (χ0) is 16.5. The summed E-state index contributed by atoms with van der Waals surface area (Å²) in [5, 5.41) is 0.403. The van der Waals surface area contributed by atoms with Crippen LogP contribution < -0.4 is 34.3 Å². The van der Waals surface area contributed by atoms with Crippen LogP contribution in [-0.4, -0.2) is 26.3 Å². The molecule has 0 aliphatic heterocycles. The van der Waals surface area contributed by atoms with Crippen LogP contribution in [-0.2, 0) is 17.2 Å². The van der Waals surface area contributed by atoms with Crippen molar-refractivity contribution in [1.29, 1.82) is 0 Å². The number of aryl methyl sites for hydroxylation is 1. The predicted octanol–water partition coefficient (Wildman–Crippen LogP) is 0.658. The Hall–Kier alpha value is -1.21. The van der Waals surface area contributed by atoms with Crippen molar-refractivity contribution >= 4 is 21.8 Å². The summed E-state index contributed by atoms with van der Waals surface area (Å²) in [7, 11) is 0.389. The number of imidazole rings is 1. The van der Waals surface area contributed by atoms with Crippen molar-refractivity contribution < 1.29 is 39.9 Å². The molecule has 0 radical (unpaired) electrons. The molecule has 0 amide bonds. The van der Waals surface area contributed by atoms with Gasteiger partial charge in [-0.1, -0.05) is 18.6 Å².